The van der Waals surface area contributed by atoms with Crippen molar-refractivity contribution in [1.29, 1.82) is 0 Å². The molecule has 0 aliphatic carbocycles. The summed E-state index contributed by atoms with van der Waals surface area (Å²) in [7, 11) is 0. The van der Waals surface area contributed by atoms with Crippen LogP contribution >= 0.6 is 0 Å². The quantitative estimate of drug-likeness (QED) is 0.763. The average molecular weight is 238 g/mol. The van der Waals surface area contributed by atoms with Gasteiger partial charge >= 0.3 is 0 Å². The number of benzene rings is 1. The fourth-order valence-electron chi connectivity index (χ4n) is 2.01. The minimum atomic E-state index is 0.853. The zero-order valence-electron chi connectivity index (χ0n) is 10.2. The summed E-state index contributed by atoms with van der Waals surface area (Å²) in [6.45, 7) is 2.91. The molecule has 0 saturated heterocycles. The van der Waals surface area contributed by atoms with Crippen molar-refractivity contribution in [3.05, 3.63) is 48.9 Å². The molecule has 2 aromatic heterocycles. The van der Waals surface area contributed by atoms with Gasteiger partial charge in [0.2, 0.25) is 5.95 Å². The second kappa shape index (κ2) is 4.49. The van der Waals surface area contributed by atoms with Crippen LogP contribution in [0.1, 0.15) is 6.92 Å². The Labute approximate surface area is 105 Å². The van der Waals surface area contributed by atoms with Crippen LogP contribution in [0, 0.1) is 0 Å². The highest BCUT2D eigenvalue weighted by molar-refractivity contribution is 5.80. The average Bonchev–Trinajstić information content (AvgIpc) is 2.87. The van der Waals surface area contributed by atoms with Gasteiger partial charge in [0.05, 0.1) is 5.52 Å². The van der Waals surface area contributed by atoms with E-state index in [4.69, 9.17) is 0 Å². The van der Waals surface area contributed by atoms with Crippen molar-refractivity contribution in [2.24, 2.45) is 0 Å². The number of fused-ring (bicyclic) bond motifs is 1. The maximum Gasteiger partial charge on any atom is 0.207 e. The van der Waals surface area contributed by atoms with Gasteiger partial charge in [0.25, 0.3) is 0 Å². The van der Waals surface area contributed by atoms with Crippen LogP contribution in [0.4, 0.5) is 5.95 Å². The predicted molar refractivity (Wildman–Crippen MR) is 73.0 cm³/mol. The van der Waals surface area contributed by atoms with Gasteiger partial charge in [-0.15, -0.1) is 0 Å². The van der Waals surface area contributed by atoms with Crippen LogP contribution in [0.5, 0.6) is 0 Å². The van der Waals surface area contributed by atoms with E-state index in [1.807, 2.05) is 29.1 Å². The molecule has 0 bridgehead atoms. The summed E-state index contributed by atoms with van der Waals surface area (Å²) in [5.74, 6) is 0.862. The standard InChI is InChI=1S/C14H14N4/c1-2-15-14-17-8-9-18(14)12-5-6-13-11(10-12)4-3-7-16-13/h3-10H,2H2,1H3,(H,15,17). The molecule has 0 amide bonds. The molecule has 1 aromatic carbocycles. The number of anilines is 1. The van der Waals surface area contributed by atoms with Crippen LogP contribution in [0.2, 0.25) is 0 Å². The first kappa shape index (κ1) is 10.8. The minimum Gasteiger partial charge on any atom is -0.356 e. The van der Waals surface area contributed by atoms with Crippen LogP contribution < -0.4 is 5.32 Å². The second-order valence-electron chi connectivity index (χ2n) is 4.03. The zero-order chi connectivity index (χ0) is 12.4. The monoisotopic (exact) mass is 238 g/mol. The lowest BCUT2D eigenvalue weighted by Gasteiger charge is -2.09. The third-order valence-electron chi connectivity index (χ3n) is 2.84. The molecule has 0 saturated carbocycles. The summed E-state index contributed by atoms with van der Waals surface area (Å²) in [5, 5.41) is 4.37. The predicted octanol–water partition coefficient (Wildman–Crippen LogP) is 2.85. The van der Waals surface area contributed by atoms with Crippen molar-refractivity contribution in [2.45, 2.75) is 6.92 Å². The molecule has 2 heterocycles. The van der Waals surface area contributed by atoms with E-state index >= 15 is 0 Å². The molecule has 90 valence electrons. The van der Waals surface area contributed by atoms with Crippen molar-refractivity contribution in [2.75, 3.05) is 11.9 Å². The molecule has 0 aliphatic rings. The number of hydrogen-bond donors (Lipinski definition) is 1. The van der Waals surface area contributed by atoms with E-state index in [0.717, 1.165) is 29.1 Å². The third-order valence-corrected chi connectivity index (χ3v) is 2.84. The van der Waals surface area contributed by atoms with Crippen LogP contribution in [-0.4, -0.2) is 21.1 Å². The molecular formula is C14H14N4. The fourth-order valence-corrected chi connectivity index (χ4v) is 2.01. The van der Waals surface area contributed by atoms with Crippen molar-refractivity contribution in [1.82, 2.24) is 14.5 Å². The Morgan fingerprint density at radius 3 is 3.00 bits per heavy atom. The molecule has 1 N–H and O–H groups in total. The second-order valence-corrected chi connectivity index (χ2v) is 4.03. The van der Waals surface area contributed by atoms with Gasteiger partial charge in [-0.25, -0.2) is 4.98 Å². The molecule has 4 nitrogen and oxygen atoms in total. The van der Waals surface area contributed by atoms with Gasteiger partial charge in [0, 0.05) is 36.2 Å². The van der Waals surface area contributed by atoms with E-state index in [0.29, 0.717) is 0 Å². The first-order chi connectivity index (χ1) is 8.88. The Bertz CT molecular complexity index is 672. The molecule has 4 heteroatoms. The van der Waals surface area contributed by atoms with Gasteiger partial charge in [-0.2, -0.15) is 0 Å². The molecule has 0 spiro atoms. The number of rotatable bonds is 3. The largest absolute Gasteiger partial charge is 0.356 e. The number of hydrogen-bond acceptors (Lipinski definition) is 3. The van der Waals surface area contributed by atoms with Crippen LogP contribution in [0.3, 0.4) is 0 Å². The van der Waals surface area contributed by atoms with E-state index in [1.165, 1.54) is 0 Å². The highest BCUT2D eigenvalue weighted by atomic mass is 15.2. The number of pyridine rings is 1. The third kappa shape index (κ3) is 1.82. The van der Waals surface area contributed by atoms with Gasteiger partial charge < -0.3 is 5.32 Å². The van der Waals surface area contributed by atoms with Gasteiger partial charge in [-0.3, -0.25) is 9.55 Å². The molecule has 3 aromatic rings. The van der Waals surface area contributed by atoms with Crippen molar-refractivity contribution in [3.8, 4) is 5.69 Å². The fraction of sp³-hybridized carbons (Fsp3) is 0.143. The Kier molecular flexibility index (Phi) is 2.68. The topological polar surface area (TPSA) is 42.7 Å². The molecule has 3 rings (SSSR count). The lowest BCUT2D eigenvalue weighted by Crippen LogP contribution is -2.04. The molecule has 0 fully saturated rings. The summed E-state index contributed by atoms with van der Waals surface area (Å²) in [6, 6.07) is 10.2. The van der Waals surface area contributed by atoms with Crippen molar-refractivity contribution >= 4 is 16.9 Å². The van der Waals surface area contributed by atoms with E-state index in [9.17, 15) is 0 Å². The lowest BCUT2D eigenvalue weighted by atomic mass is 10.2. The van der Waals surface area contributed by atoms with Crippen molar-refractivity contribution in [3.63, 3.8) is 0 Å². The first-order valence-corrected chi connectivity index (χ1v) is 6.01. The van der Waals surface area contributed by atoms with Crippen LogP contribution in [0.25, 0.3) is 16.6 Å². The Morgan fingerprint density at radius 2 is 2.11 bits per heavy atom. The van der Waals surface area contributed by atoms with E-state index < -0.39 is 0 Å². The Morgan fingerprint density at radius 1 is 1.17 bits per heavy atom. The van der Waals surface area contributed by atoms with Gasteiger partial charge in [-0.1, -0.05) is 6.07 Å². The summed E-state index contributed by atoms with van der Waals surface area (Å²) < 4.78 is 2.04. The van der Waals surface area contributed by atoms with Crippen molar-refractivity contribution < 1.29 is 0 Å². The molecule has 18 heavy (non-hydrogen) atoms. The molecule has 0 radical (unpaired) electrons. The smallest absolute Gasteiger partial charge is 0.207 e. The SMILES string of the molecule is CCNc1nccn1-c1ccc2ncccc2c1. The maximum atomic E-state index is 4.32. The Balaban J connectivity index is 2.10. The van der Waals surface area contributed by atoms with Crippen LogP contribution in [-0.2, 0) is 0 Å². The molecule has 0 atom stereocenters. The highest BCUT2D eigenvalue weighted by Crippen LogP contribution is 2.19. The van der Waals surface area contributed by atoms with E-state index in [1.54, 1.807) is 6.20 Å². The summed E-state index contributed by atoms with van der Waals surface area (Å²) >= 11 is 0. The normalized spacial score (nSPS) is 10.7. The molecule has 0 unspecified atom stereocenters. The molecular weight excluding hydrogens is 224 g/mol. The van der Waals surface area contributed by atoms with E-state index in [2.05, 4.69) is 40.4 Å². The summed E-state index contributed by atoms with van der Waals surface area (Å²) in [6.07, 6.45) is 5.56. The number of nitrogens with zero attached hydrogens (tertiary/aromatic N) is 3. The minimum absolute atomic E-state index is 0.853. The number of aromatic nitrogens is 3. The van der Waals surface area contributed by atoms with Gasteiger partial charge in [0.1, 0.15) is 0 Å². The first-order valence-electron chi connectivity index (χ1n) is 6.01. The summed E-state index contributed by atoms with van der Waals surface area (Å²) in [5.41, 5.74) is 2.09. The summed E-state index contributed by atoms with van der Waals surface area (Å²) in [4.78, 5) is 8.62. The van der Waals surface area contributed by atoms with Gasteiger partial charge in [0.15, 0.2) is 0 Å². The number of imidazole rings is 1. The van der Waals surface area contributed by atoms with Gasteiger partial charge in [-0.05, 0) is 31.2 Å². The Hall–Kier alpha value is -2.36. The number of nitrogens with one attached hydrogen (secondary N) is 1. The lowest BCUT2D eigenvalue weighted by molar-refractivity contribution is 1.02. The van der Waals surface area contributed by atoms with Crippen LogP contribution in [0.15, 0.2) is 48.9 Å². The molecule has 0 aliphatic heterocycles. The maximum absolute atomic E-state index is 4.32. The zero-order valence-corrected chi connectivity index (χ0v) is 10.2. The van der Waals surface area contributed by atoms with E-state index in [-0.39, 0.29) is 0 Å². The highest BCUT2D eigenvalue weighted by Gasteiger charge is 2.04.